The SMILES string of the molecule is O=C(O)CC1CCN(CCC=C2CC(Cl)=CC3=COCOC4C=CC(Cl)=CC4=C32)C1. The van der Waals surface area contributed by atoms with Crippen molar-refractivity contribution in [3.05, 3.63) is 69.0 Å². The molecule has 2 aliphatic carbocycles. The van der Waals surface area contributed by atoms with E-state index in [1.54, 1.807) is 6.26 Å². The van der Waals surface area contributed by atoms with Crippen LogP contribution in [0.4, 0.5) is 0 Å². The summed E-state index contributed by atoms with van der Waals surface area (Å²) < 4.78 is 11.4. The number of nitrogens with zero attached hydrogens (tertiary/aromatic N) is 1. The quantitative estimate of drug-likeness (QED) is 0.648. The highest BCUT2D eigenvalue weighted by Gasteiger charge is 2.28. The molecule has 0 spiro atoms. The molecule has 5 nitrogen and oxygen atoms in total. The van der Waals surface area contributed by atoms with Crippen LogP contribution >= 0.6 is 23.2 Å². The van der Waals surface area contributed by atoms with Crippen LogP contribution in [0, 0.1) is 5.92 Å². The summed E-state index contributed by atoms with van der Waals surface area (Å²) in [5, 5.41) is 10.4. The maximum absolute atomic E-state index is 10.9. The number of allylic oxidation sites excluding steroid dienone is 7. The standard InChI is InChI=1S/C23H25Cl2NO4/c24-18-3-4-21-20(11-18)23-16(9-19(25)10-17(23)13-29-14-30-21)2-1-6-26-7-5-15(12-26)8-22(27)28/h2-4,10-11,13,15,21H,1,5-9,12,14H2,(H,27,28). The molecule has 160 valence electrons. The number of hydrogen-bond donors (Lipinski definition) is 1. The number of carboxylic acids is 1. The van der Waals surface area contributed by atoms with Crippen molar-refractivity contribution in [3.63, 3.8) is 0 Å². The third-order valence-corrected chi connectivity index (χ3v) is 6.27. The van der Waals surface area contributed by atoms with Gasteiger partial charge < -0.3 is 19.5 Å². The molecule has 0 aromatic rings. The first-order chi connectivity index (χ1) is 14.5. The van der Waals surface area contributed by atoms with Gasteiger partial charge in [-0.1, -0.05) is 29.3 Å². The predicted octanol–water partition coefficient (Wildman–Crippen LogP) is 4.87. The van der Waals surface area contributed by atoms with Gasteiger partial charge in [-0.3, -0.25) is 4.79 Å². The molecule has 7 heteroatoms. The van der Waals surface area contributed by atoms with E-state index in [-0.39, 0.29) is 25.2 Å². The monoisotopic (exact) mass is 449 g/mol. The fourth-order valence-electron chi connectivity index (χ4n) is 4.48. The lowest BCUT2D eigenvalue weighted by atomic mass is 9.83. The van der Waals surface area contributed by atoms with Crippen LogP contribution in [0.5, 0.6) is 0 Å². The van der Waals surface area contributed by atoms with Crippen LogP contribution < -0.4 is 0 Å². The Hall–Kier alpha value is -1.79. The average Bonchev–Trinajstić information content (AvgIpc) is 3.11. The Morgan fingerprint density at radius 2 is 2.20 bits per heavy atom. The van der Waals surface area contributed by atoms with Crippen molar-refractivity contribution >= 4 is 29.2 Å². The molecule has 30 heavy (non-hydrogen) atoms. The maximum Gasteiger partial charge on any atom is 0.303 e. The second kappa shape index (κ2) is 9.56. The van der Waals surface area contributed by atoms with Crippen LogP contribution in [-0.2, 0) is 14.3 Å². The molecular formula is C23H25Cl2NO4. The van der Waals surface area contributed by atoms with Crippen molar-refractivity contribution in [1.82, 2.24) is 4.90 Å². The van der Waals surface area contributed by atoms with Crippen LogP contribution in [0.1, 0.15) is 25.7 Å². The molecule has 1 fully saturated rings. The molecule has 2 atom stereocenters. The number of aliphatic carboxylic acids is 1. The number of rotatable bonds is 5. The zero-order chi connectivity index (χ0) is 21.1. The second-order valence-corrected chi connectivity index (χ2v) is 8.92. The van der Waals surface area contributed by atoms with Gasteiger partial charge in [0.05, 0.1) is 6.26 Å². The van der Waals surface area contributed by atoms with Crippen LogP contribution in [0.2, 0.25) is 0 Å². The minimum Gasteiger partial charge on any atom is -0.481 e. The molecule has 1 N–H and O–H groups in total. The number of carboxylic acid groups (broad SMARTS) is 1. The lowest BCUT2D eigenvalue weighted by Crippen LogP contribution is -2.23. The van der Waals surface area contributed by atoms with Crippen molar-refractivity contribution in [2.45, 2.75) is 31.8 Å². The number of ether oxygens (including phenoxy) is 2. The first kappa shape index (κ1) is 21.4. The van der Waals surface area contributed by atoms with Crippen LogP contribution in [0.3, 0.4) is 0 Å². The molecule has 0 amide bonds. The van der Waals surface area contributed by atoms with Crippen molar-refractivity contribution in [2.75, 3.05) is 26.4 Å². The lowest BCUT2D eigenvalue weighted by Gasteiger charge is -2.29. The summed E-state index contributed by atoms with van der Waals surface area (Å²) in [4.78, 5) is 13.3. The molecule has 2 aliphatic heterocycles. The summed E-state index contributed by atoms with van der Waals surface area (Å²) in [6, 6.07) is 0. The Labute approximate surface area is 186 Å². The van der Waals surface area contributed by atoms with Crippen LogP contribution in [0.25, 0.3) is 0 Å². The van der Waals surface area contributed by atoms with Gasteiger partial charge in [0.25, 0.3) is 0 Å². The van der Waals surface area contributed by atoms with Gasteiger partial charge in [-0.25, -0.2) is 0 Å². The van der Waals surface area contributed by atoms with E-state index < -0.39 is 5.97 Å². The maximum atomic E-state index is 10.9. The van der Waals surface area contributed by atoms with Gasteiger partial charge in [-0.2, -0.15) is 0 Å². The van der Waals surface area contributed by atoms with Gasteiger partial charge >= 0.3 is 5.97 Å². The summed E-state index contributed by atoms with van der Waals surface area (Å²) >= 11 is 12.8. The molecule has 2 unspecified atom stereocenters. The number of likely N-dealkylation sites (tertiary alicyclic amines) is 1. The van der Waals surface area contributed by atoms with E-state index in [0.717, 1.165) is 59.8 Å². The Balaban J connectivity index is 1.55. The minimum atomic E-state index is -0.711. The summed E-state index contributed by atoms with van der Waals surface area (Å²) in [6.07, 6.45) is 14.1. The summed E-state index contributed by atoms with van der Waals surface area (Å²) in [6.45, 7) is 2.86. The predicted molar refractivity (Wildman–Crippen MR) is 117 cm³/mol. The second-order valence-electron chi connectivity index (χ2n) is 8.00. The van der Waals surface area contributed by atoms with Crippen LogP contribution in [0.15, 0.2) is 69.0 Å². The Morgan fingerprint density at radius 1 is 1.33 bits per heavy atom. The van der Waals surface area contributed by atoms with E-state index in [9.17, 15) is 4.79 Å². The van der Waals surface area contributed by atoms with Gasteiger partial charge in [0.15, 0.2) is 6.79 Å². The van der Waals surface area contributed by atoms with Crippen molar-refractivity contribution in [3.8, 4) is 0 Å². The fraction of sp³-hybridized carbons (Fsp3) is 0.435. The van der Waals surface area contributed by atoms with E-state index in [2.05, 4.69) is 11.0 Å². The highest BCUT2D eigenvalue weighted by Crippen LogP contribution is 2.40. The van der Waals surface area contributed by atoms with E-state index >= 15 is 0 Å². The first-order valence-corrected chi connectivity index (χ1v) is 11.0. The molecule has 4 aliphatic rings. The van der Waals surface area contributed by atoms with Crippen LogP contribution in [-0.4, -0.2) is 48.5 Å². The topological polar surface area (TPSA) is 59.0 Å². The van der Waals surface area contributed by atoms with Gasteiger partial charge in [-0.05, 0) is 66.3 Å². The van der Waals surface area contributed by atoms with Crippen molar-refractivity contribution < 1.29 is 19.4 Å². The Kier molecular flexibility index (Phi) is 6.84. The molecule has 4 rings (SSSR count). The van der Waals surface area contributed by atoms with E-state index in [1.807, 2.05) is 24.3 Å². The lowest BCUT2D eigenvalue weighted by molar-refractivity contribution is -0.138. The summed E-state index contributed by atoms with van der Waals surface area (Å²) in [5.41, 5.74) is 4.16. The minimum absolute atomic E-state index is 0.164. The van der Waals surface area contributed by atoms with Gasteiger partial charge in [0, 0.05) is 41.6 Å². The molecule has 2 heterocycles. The molecular weight excluding hydrogens is 425 g/mol. The highest BCUT2D eigenvalue weighted by atomic mass is 35.5. The van der Waals surface area contributed by atoms with Gasteiger partial charge in [0.2, 0.25) is 0 Å². The number of halogens is 2. The third-order valence-electron chi connectivity index (χ3n) is 5.80. The largest absolute Gasteiger partial charge is 0.481 e. The molecule has 0 aromatic carbocycles. The zero-order valence-electron chi connectivity index (χ0n) is 16.7. The molecule has 0 bridgehead atoms. The Bertz CT molecular complexity index is 897. The van der Waals surface area contributed by atoms with E-state index in [4.69, 9.17) is 37.8 Å². The number of fused-ring (bicyclic) bond motifs is 2. The van der Waals surface area contributed by atoms with Crippen molar-refractivity contribution in [2.24, 2.45) is 5.92 Å². The summed E-state index contributed by atoms with van der Waals surface area (Å²) in [5.74, 6) is -0.458. The fourth-order valence-corrected chi connectivity index (χ4v) is 4.93. The smallest absolute Gasteiger partial charge is 0.303 e. The third kappa shape index (κ3) is 5.09. The van der Waals surface area contributed by atoms with Gasteiger partial charge in [-0.15, -0.1) is 0 Å². The number of hydrogen-bond acceptors (Lipinski definition) is 4. The summed E-state index contributed by atoms with van der Waals surface area (Å²) in [7, 11) is 0. The van der Waals surface area contributed by atoms with Gasteiger partial charge in [0.1, 0.15) is 6.10 Å². The average molecular weight is 450 g/mol. The zero-order valence-corrected chi connectivity index (χ0v) is 18.2. The number of carbonyl (C=O) groups is 1. The molecule has 0 radical (unpaired) electrons. The van der Waals surface area contributed by atoms with Crippen molar-refractivity contribution in [1.29, 1.82) is 0 Å². The molecule has 0 aromatic heterocycles. The first-order valence-electron chi connectivity index (χ1n) is 10.2. The Morgan fingerprint density at radius 3 is 3.03 bits per heavy atom. The van der Waals surface area contributed by atoms with E-state index in [0.29, 0.717) is 11.5 Å². The normalized spacial score (nSPS) is 28.1. The molecule has 1 saturated heterocycles. The molecule has 0 saturated carbocycles. The van der Waals surface area contributed by atoms with E-state index in [1.165, 1.54) is 0 Å². The highest BCUT2D eigenvalue weighted by molar-refractivity contribution is 6.31.